The third kappa shape index (κ3) is 5.02. The third-order valence-corrected chi connectivity index (χ3v) is 3.29. The van der Waals surface area contributed by atoms with Crippen molar-refractivity contribution in [2.75, 3.05) is 6.61 Å². The summed E-state index contributed by atoms with van der Waals surface area (Å²) in [7, 11) is 0. The van der Waals surface area contributed by atoms with Crippen molar-refractivity contribution >= 4 is 29.4 Å². The highest BCUT2D eigenvalue weighted by molar-refractivity contribution is 6.33. The Morgan fingerprint density at radius 1 is 1.40 bits per heavy atom. The van der Waals surface area contributed by atoms with E-state index in [0.717, 1.165) is 0 Å². The molecule has 0 heterocycles. The zero-order chi connectivity index (χ0) is 18.2. The summed E-state index contributed by atoms with van der Waals surface area (Å²) < 4.78 is 5.24. The number of nitriles is 1. The first kappa shape index (κ1) is 17.9. The Balaban J connectivity index is 1.94. The number of para-hydroxylation sites is 1. The predicted octanol–water partition coefficient (Wildman–Crippen LogP) is 2.65. The molecule has 0 radical (unpaired) electrons. The number of carbonyl (C=O) groups is 1. The second-order valence-corrected chi connectivity index (χ2v) is 5.06. The standard InChI is InChI=1S/C16H11ClN4O4/c17-14-6-5-13(21(23)24)7-12(14)9-19-20-16(22)10-25-15-4-2-1-3-11(15)8-18/h1-7,9H,10H2,(H,20,22)/b19-9+. The highest BCUT2D eigenvalue weighted by Gasteiger charge is 2.09. The van der Waals surface area contributed by atoms with Crippen LogP contribution in [0.25, 0.3) is 0 Å². The van der Waals surface area contributed by atoms with Gasteiger partial charge in [0.25, 0.3) is 11.6 Å². The molecule has 2 aromatic carbocycles. The van der Waals surface area contributed by atoms with Crippen LogP contribution in [-0.2, 0) is 4.79 Å². The first-order chi connectivity index (χ1) is 12.0. The highest BCUT2D eigenvalue weighted by Crippen LogP contribution is 2.20. The van der Waals surface area contributed by atoms with E-state index in [0.29, 0.717) is 5.56 Å². The fraction of sp³-hybridized carbons (Fsp3) is 0.0625. The maximum absolute atomic E-state index is 11.7. The molecule has 0 aromatic heterocycles. The van der Waals surface area contributed by atoms with Gasteiger partial charge in [0, 0.05) is 22.7 Å². The van der Waals surface area contributed by atoms with Crippen molar-refractivity contribution in [1.29, 1.82) is 5.26 Å². The van der Waals surface area contributed by atoms with Gasteiger partial charge in [0.15, 0.2) is 6.61 Å². The number of nitrogens with one attached hydrogen (secondary N) is 1. The van der Waals surface area contributed by atoms with Gasteiger partial charge < -0.3 is 4.74 Å². The van der Waals surface area contributed by atoms with Gasteiger partial charge in [-0.1, -0.05) is 23.7 Å². The summed E-state index contributed by atoms with van der Waals surface area (Å²) in [4.78, 5) is 21.9. The van der Waals surface area contributed by atoms with Crippen molar-refractivity contribution in [1.82, 2.24) is 5.43 Å². The number of nitrogens with zero attached hydrogens (tertiary/aromatic N) is 3. The van der Waals surface area contributed by atoms with Crippen LogP contribution in [0.15, 0.2) is 47.6 Å². The van der Waals surface area contributed by atoms with E-state index in [9.17, 15) is 14.9 Å². The van der Waals surface area contributed by atoms with Gasteiger partial charge in [0.1, 0.15) is 11.8 Å². The van der Waals surface area contributed by atoms with E-state index in [2.05, 4.69) is 10.5 Å². The molecule has 0 aliphatic carbocycles. The van der Waals surface area contributed by atoms with Crippen molar-refractivity contribution in [3.63, 3.8) is 0 Å². The van der Waals surface area contributed by atoms with Gasteiger partial charge in [-0.3, -0.25) is 14.9 Å². The number of nitro groups is 1. The molecule has 0 atom stereocenters. The third-order valence-electron chi connectivity index (χ3n) is 2.95. The molecule has 2 aromatic rings. The van der Waals surface area contributed by atoms with Crippen molar-refractivity contribution in [2.24, 2.45) is 5.10 Å². The fourth-order valence-electron chi connectivity index (χ4n) is 1.78. The van der Waals surface area contributed by atoms with E-state index < -0.39 is 10.8 Å². The topological polar surface area (TPSA) is 118 Å². The maximum atomic E-state index is 11.7. The lowest BCUT2D eigenvalue weighted by Crippen LogP contribution is -2.24. The minimum absolute atomic E-state index is 0.145. The molecule has 1 N–H and O–H groups in total. The Morgan fingerprint density at radius 2 is 2.16 bits per heavy atom. The molecule has 8 nitrogen and oxygen atoms in total. The highest BCUT2D eigenvalue weighted by atomic mass is 35.5. The summed E-state index contributed by atoms with van der Waals surface area (Å²) in [5.74, 6) is -0.281. The number of non-ortho nitro benzene ring substituents is 1. The van der Waals surface area contributed by atoms with E-state index in [4.69, 9.17) is 21.6 Å². The van der Waals surface area contributed by atoms with E-state index >= 15 is 0 Å². The SMILES string of the molecule is N#Cc1ccccc1OCC(=O)N/N=C/c1cc([N+](=O)[O-])ccc1Cl. The number of halogens is 1. The lowest BCUT2D eigenvalue weighted by molar-refractivity contribution is -0.384. The smallest absolute Gasteiger partial charge is 0.277 e. The van der Waals surface area contributed by atoms with Crippen molar-refractivity contribution in [3.05, 3.63) is 68.7 Å². The van der Waals surface area contributed by atoms with E-state index in [1.807, 2.05) is 6.07 Å². The number of carbonyl (C=O) groups excluding carboxylic acids is 1. The monoisotopic (exact) mass is 358 g/mol. The number of hydrogen-bond acceptors (Lipinski definition) is 6. The average molecular weight is 359 g/mol. The van der Waals surface area contributed by atoms with E-state index in [1.165, 1.54) is 24.4 Å². The molecule has 25 heavy (non-hydrogen) atoms. The van der Waals surface area contributed by atoms with Gasteiger partial charge in [-0.25, -0.2) is 5.43 Å². The summed E-state index contributed by atoms with van der Waals surface area (Å²) in [6.07, 6.45) is 1.19. The summed E-state index contributed by atoms with van der Waals surface area (Å²) in [6, 6.07) is 12.3. The van der Waals surface area contributed by atoms with Crippen molar-refractivity contribution < 1.29 is 14.5 Å². The van der Waals surface area contributed by atoms with Crippen LogP contribution in [0.2, 0.25) is 5.02 Å². The summed E-state index contributed by atoms with van der Waals surface area (Å²) in [6.45, 7) is -0.349. The number of hydrazone groups is 1. The summed E-state index contributed by atoms with van der Waals surface area (Å²) in [5, 5.41) is 23.6. The van der Waals surface area contributed by atoms with Crippen LogP contribution < -0.4 is 10.2 Å². The summed E-state index contributed by atoms with van der Waals surface area (Å²) >= 11 is 5.91. The number of amides is 1. The molecular formula is C16H11ClN4O4. The average Bonchev–Trinajstić information content (AvgIpc) is 2.61. The van der Waals surface area contributed by atoms with Gasteiger partial charge in [-0.2, -0.15) is 10.4 Å². The molecule has 0 saturated carbocycles. The van der Waals surface area contributed by atoms with Gasteiger partial charge in [0.2, 0.25) is 0 Å². The van der Waals surface area contributed by atoms with Crippen LogP contribution in [-0.4, -0.2) is 23.7 Å². The van der Waals surface area contributed by atoms with E-state index in [-0.39, 0.29) is 28.6 Å². The predicted molar refractivity (Wildman–Crippen MR) is 90.5 cm³/mol. The Hall–Kier alpha value is -3.44. The van der Waals surface area contributed by atoms with Crippen LogP contribution in [0.4, 0.5) is 5.69 Å². The number of hydrogen-bond donors (Lipinski definition) is 1. The van der Waals surface area contributed by atoms with Gasteiger partial charge in [0.05, 0.1) is 16.7 Å². The van der Waals surface area contributed by atoms with Gasteiger partial charge >= 0.3 is 0 Å². The molecule has 126 valence electrons. The fourth-order valence-corrected chi connectivity index (χ4v) is 1.94. The lowest BCUT2D eigenvalue weighted by Gasteiger charge is -2.06. The Labute approximate surface area is 147 Å². The molecule has 0 unspecified atom stereocenters. The second kappa shape index (κ2) is 8.42. The minimum Gasteiger partial charge on any atom is -0.482 e. The molecule has 0 aliphatic rings. The quantitative estimate of drug-likeness (QED) is 0.484. The van der Waals surface area contributed by atoms with Gasteiger partial charge in [-0.05, 0) is 18.2 Å². The van der Waals surface area contributed by atoms with Crippen LogP contribution in [0.5, 0.6) is 5.75 Å². The van der Waals surface area contributed by atoms with Gasteiger partial charge in [-0.15, -0.1) is 0 Å². The largest absolute Gasteiger partial charge is 0.482 e. The number of ether oxygens (including phenoxy) is 1. The number of benzene rings is 2. The molecule has 0 fully saturated rings. The summed E-state index contributed by atoms with van der Waals surface area (Å²) in [5.41, 5.74) is 2.66. The van der Waals surface area contributed by atoms with E-state index in [1.54, 1.807) is 24.3 Å². The van der Waals surface area contributed by atoms with Crippen LogP contribution in [0, 0.1) is 21.4 Å². The molecular weight excluding hydrogens is 348 g/mol. The van der Waals surface area contributed by atoms with Crippen LogP contribution >= 0.6 is 11.6 Å². The molecule has 9 heteroatoms. The molecule has 0 saturated heterocycles. The first-order valence-corrected chi connectivity index (χ1v) is 7.27. The Kier molecular flexibility index (Phi) is 6.03. The Morgan fingerprint density at radius 3 is 2.88 bits per heavy atom. The first-order valence-electron chi connectivity index (χ1n) is 6.89. The molecule has 0 aliphatic heterocycles. The van der Waals surface area contributed by atoms with Crippen molar-refractivity contribution in [2.45, 2.75) is 0 Å². The molecule has 0 bridgehead atoms. The number of rotatable bonds is 6. The Bertz CT molecular complexity index is 877. The second-order valence-electron chi connectivity index (χ2n) is 4.65. The molecule has 0 spiro atoms. The van der Waals surface area contributed by atoms with Crippen molar-refractivity contribution in [3.8, 4) is 11.8 Å². The lowest BCUT2D eigenvalue weighted by atomic mass is 10.2. The van der Waals surface area contributed by atoms with Crippen LogP contribution in [0.3, 0.4) is 0 Å². The molecule has 2 rings (SSSR count). The minimum atomic E-state index is -0.564. The molecule has 1 amide bonds. The van der Waals surface area contributed by atoms with Crippen LogP contribution in [0.1, 0.15) is 11.1 Å². The zero-order valence-corrected chi connectivity index (χ0v) is 13.4. The normalized spacial score (nSPS) is 10.2. The zero-order valence-electron chi connectivity index (χ0n) is 12.7. The maximum Gasteiger partial charge on any atom is 0.277 e. The number of nitro benzene ring substituents is 1.